The second-order valence-corrected chi connectivity index (χ2v) is 9.37. The van der Waals surface area contributed by atoms with Crippen LogP contribution >= 0.6 is 0 Å². The van der Waals surface area contributed by atoms with E-state index in [9.17, 15) is 18.8 Å². The van der Waals surface area contributed by atoms with E-state index in [0.29, 0.717) is 50.5 Å². The first-order valence-corrected chi connectivity index (χ1v) is 12.0. The highest BCUT2D eigenvalue weighted by Crippen LogP contribution is 2.29. The summed E-state index contributed by atoms with van der Waals surface area (Å²) in [4.78, 5) is 46.8. The largest absolute Gasteiger partial charge is 0.361 e. The van der Waals surface area contributed by atoms with Gasteiger partial charge in [-0.2, -0.15) is 0 Å². The van der Waals surface area contributed by atoms with Crippen molar-refractivity contribution in [1.29, 1.82) is 0 Å². The fourth-order valence-corrected chi connectivity index (χ4v) is 5.01. The Morgan fingerprint density at radius 1 is 1.00 bits per heavy atom. The van der Waals surface area contributed by atoms with Crippen molar-refractivity contribution in [3.05, 3.63) is 77.9 Å². The fraction of sp³-hybridized carbons (Fsp3) is 0.346. The molecule has 3 aliphatic heterocycles. The third-order valence-electron chi connectivity index (χ3n) is 6.85. The van der Waals surface area contributed by atoms with Gasteiger partial charge < -0.3 is 30.2 Å². The van der Waals surface area contributed by atoms with Crippen molar-refractivity contribution in [3.8, 4) is 0 Å². The first-order chi connectivity index (χ1) is 17.4. The van der Waals surface area contributed by atoms with Crippen LogP contribution in [0.1, 0.15) is 24.4 Å². The lowest BCUT2D eigenvalue weighted by atomic mass is 10.0. The van der Waals surface area contributed by atoms with Gasteiger partial charge in [0.1, 0.15) is 17.6 Å². The average Bonchev–Trinajstić information content (AvgIpc) is 3.40. The summed E-state index contributed by atoms with van der Waals surface area (Å²) in [6.07, 6.45) is 3.24. The Morgan fingerprint density at radius 3 is 2.36 bits per heavy atom. The highest BCUT2D eigenvalue weighted by atomic mass is 19.1. The van der Waals surface area contributed by atoms with E-state index in [0.717, 1.165) is 5.70 Å². The van der Waals surface area contributed by atoms with Gasteiger partial charge in [-0.25, -0.2) is 9.18 Å². The molecule has 0 unspecified atom stereocenters. The normalized spacial score (nSPS) is 18.7. The Labute approximate surface area is 209 Å². The van der Waals surface area contributed by atoms with Crippen molar-refractivity contribution in [1.82, 2.24) is 24.9 Å². The summed E-state index contributed by atoms with van der Waals surface area (Å²) >= 11 is 0. The first-order valence-electron chi connectivity index (χ1n) is 12.0. The fourth-order valence-electron chi connectivity index (χ4n) is 5.01. The number of hydrogen-bond acceptors (Lipinski definition) is 5. The summed E-state index contributed by atoms with van der Waals surface area (Å²) in [5.74, 6) is -0.557. The maximum Gasteiger partial charge on any atom is 0.320 e. The van der Waals surface area contributed by atoms with Gasteiger partial charge in [0, 0.05) is 38.1 Å². The molecule has 4 amide bonds. The van der Waals surface area contributed by atoms with Crippen LogP contribution in [-0.2, 0) is 9.59 Å². The van der Waals surface area contributed by atoms with Crippen LogP contribution in [0.2, 0.25) is 0 Å². The monoisotopic (exact) mass is 492 g/mol. The maximum atomic E-state index is 13.5. The number of nitrogens with one attached hydrogen (secondary N) is 2. The minimum Gasteiger partial charge on any atom is -0.361 e. The smallest absolute Gasteiger partial charge is 0.320 e. The van der Waals surface area contributed by atoms with E-state index in [4.69, 9.17) is 0 Å². The van der Waals surface area contributed by atoms with E-state index in [2.05, 4.69) is 15.5 Å². The summed E-state index contributed by atoms with van der Waals surface area (Å²) in [5.41, 5.74) is 1.83. The van der Waals surface area contributed by atoms with Crippen molar-refractivity contribution in [2.24, 2.45) is 0 Å². The Kier molecular flexibility index (Phi) is 6.49. The molecule has 2 fully saturated rings. The molecule has 1 atom stereocenters. The molecule has 10 heteroatoms. The summed E-state index contributed by atoms with van der Waals surface area (Å²) in [6, 6.07) is 13.1. The third kappa shape index (κ3) is 4.84. The quantitative estimate of drug-likeness (QED) is 0.670. The molecule has 3 aliphatic rings. The molecule has 0 radical (unpaired) electrons. The lowest BCUT2D eigenvalue weighted by Crippen LogP contribution is -2.51. The van der Waals surface area contributed by atoms with Gasteiger partial charge in [0.2, 0.25) is 5.91 Å². The molecule has 3 heterocycles. The standard InChI is InChI=1S/C26H29FN6O3/c1-30-15-22-24(34)33(17-32(22)16-30)21-11-13-31(14-12-21)25(35)23(18-5-3-2-4-6-18)29-26(36)28-20-9-7-19(27)8-10-20/h2-10,15,21,23H,11-14,16-17H2,1H3,(H2,28,29,36)/t23-/m1/s1. The molecule has 188 valence electrons. The zero-order valence-corrected chi connectivity index (χ0v) is 20.1. The van der Waals surface area contributed by atoms with Gasteiger partial charge in [-0.3, -0.25) is 9.59 Å². The van der Waals surface area contributed by atoms with Gasteiger partial charge >= 0.3 is 6.03 Å². The Morgan fingerprint density at radius 2 is 1.69 bits per heavy atom. The van der Waals surface area contributed by atoms with Gasteiger partial charge in [0.05, 0.1) is 13.3 Å². The maximum absolute atomic E-state index is 13.5. The average molecular weight is 493 g/mol. The van der Waals surface area contributed by atoms with Gasteiger partial charge in [-0.15, -0.1) is 0 Å². The highest BCUT2D eigenvalue weighted by molar-refractivity contribution is 5.96. The van der Waals surface area contributed by atoms with Gasteiger partial charge in [0.15, 0.2) is 0 Å². The molecule has 2 aromatic carbocycles. The molecule has 36 heavy (non-hydrogen) atoms. The topological polar surface area (TPSA) is 88.2 Å². The molecule has 2 N–H and O–H groups in total. The molecule has 0 spiro atoms. The molecule has 0 bridgehead atoms. The lowest BCUT2D eigenvalue weighted by Gasteiger charge is -2.38. The zero-order chi connectivity index (χ0) is 25.2. The first kappa shape index (κ1) is 23.7. The zero-order valence-electron chi connectivity index (χ0n) is 20.1. The number of piperidine rings is 1. The molecular weight excluding hydrogens is 463 g/mol. The summed E-state index contributed by atoms with van der Waals surface area (Å²) in [6.45, 7) is 2.28. The van der Waals surface area contributed by atoms with Crippen molar-refractivity contribution < 1.29 is 18.8 Å². The number of anilines is 1. The number of likely N-dealkylation sites (tertiary alicyclic amines) is 1. The molecule has 0 aliphatic carbocycles. The summed E-state index contributed by atoms with van der Waals surface area (Å²) in [7, 11) is 1.95. The van der Waals surface area contributed by atoms with E-state index in [-0.39, 0.29) is 17.9 Å². The number of carbonyl (C=O) groups excluding carboxylic acids is 3. The van der Waals surface area contributed by atoms with Crippen molar-refractivity contribution in [2.75, 3.05) is 38.8 Å². The molecule has 2 saturated heterocycles. The van der Waals surface area contributed by atoms with Crippen molar-refractivity contribution in [3.63, 3.8) is 0 Å². The summed E-state index contributed by atoms with van der Waals surface area (Å²) < 4.78 is 13.2. The van der Waals surface area contributed by atoms with Gasteiger partial charge in [-0.05, 0) is 42.7 Å². The SMILES string of the molecule is CN1C=C2C(=O)N(C3CCN(C(=O)[C@H](NC(=O)Nc4ccc(F)cc4)c4ccccc4)CC3)CN2C1. The van der Waals surface area contributed by atoms with E-state index in [1.807, 2.05) is 41.2 Å². The van der Waals surface area contributed by atoms with Gasteiger partial charge in [-0.1, -0.05) is 30.3 Å². The van der Waals surface area contributed by atoms with Crippen LogP contribution < -0.4 is 10.6 Å². The number of hydrogen-bond donors (Lipinski definition) is 2. The van der Waals surface area contributed by atoms with Crippen LogP contribution in [0.5, 0.6) is 0 Å². The van der Waals surface area contributed by atoms with Crippen molar-refractivity contribution in [2.45, 2.75) is 24.9 Å². The number of carbonyl (C=O) groups is 3. The number of amides is 4. The Hall–Kier alpha value is -4.08. The number of fused-ring (bicyclic) bond motifs is 1. The van der Waals surface area contributed by atoms with Gasteiger partial charge in [0.25, 0.3) is 5.91 Å². The van der Waals surface area contributed by atoms with Crippen LogP contribution in [0.25, 0.3) is 0 Å². The number of rotatable bonds is 5. The van der Waals surface area contributed by atoms with Crippen LogP contribution in [0.3, 0.4) is 0 Å². The number of benzene rings is 2. The molecule has 9 nitrogen and oxygen atoms in total. The molecular formula is C26H29FN6O3. The van der Waals surface area contributed by atoms with E-state index in [1.54, 1.807) is 17.0 Å². The predicted molar refractivity (Wildman–Crippen MR) is 132 cm³/mol. The van der Waals surface area contributed by atoms with Crippen molar-refractivity contribution >= 4 is 23.5 Å². The second kappa shape index (κ2) is 9.88. The predicted octanol–water partition coefficient (Wildman–Crippen LogP) is 2.53. The second-order valence-electron chi connectivity index (χ2n) is 9.37. The van der Waals surface area contributed by atoms with Crippen LogP contribution in [0.4, 0.5) is 14.9 Å². The number of halogens is 1. The van der Waals surface area contributed by atoms with Crippen LogP contribution in [0, 0.1) is 5.82 Å². The highest BCUT2D eigenvalue weighted by Gasteiger charge is 2.41. The molecule has 0 aromatic heterocycles. The molecule has 0 saturated carbocycles. The van der Waals surface area contributed by atoms with E-state index >= 15 is 0 Å². The van der Waals surface area contributed by atoms with Crippen LogP contribution in [-0.4, -0.2) is 77.0 Å². The molecule has 5 rings (SSSR count). The Bertz CT molecular complexity index is 1160. The van der Waals surface area contributed by atoms with E-state index < -0.39 is 17.9 Å². The lowest BCUT2D eigenvalue weighted by molar-refractivity contribution is -0.135. The third-order valence-corrected chi connectivity index (χ3v) is 6.85. The minimum absolute atomic E-state index is 0.0467. The number of urea groups is 1. The molecule has 2 aromatic rings. The van der Waals surface area contributed by atoms with Crippen LogP contribution in [0.15, 0.2) is 66.5 Å². The Balaban J connectivity index is 1.23. The minimum atomic E-state index is -0.872. The number of nitrogens with zero attached hydrogens (tertiary/aromatic N) is 4. The summed E-state index contributed by atoms with van der Waals surface area (Å²) in [5, 5.41) is 5.43. The van der Waals surface area contributed by atoms with E-state index in [1.165, 1.54) is 24.3 Å².